The van der Waals surface area contributed by atoms with E-state index in [4.69, 9.17) is 21.1 Å². The summed E-state index contributed by atoms with van der Waals surface area (Å²) in [5.74, 6) is 1.06. The first kappa shape index (κ1) is 20.5. The van der Waals surface area contributed by atoms with Crippen LogP contribution in [0.5, 0.6) is 11.5 Å². The summed E-state index contributed by atoms with van der Waals surface area (Å²) >= 11 is 6.51. The van der Waals surface area contributed by atoms with Crippen molar-refractivity contribution in [3.8, 4) is 17.6 Å². The van der Waals surface area contributed by atoms with Gasteiger partial charge in [-0.15, -0.1) is 0 Å². The molecule has 0 radical (unpaired) electrons. The Balaban J connectivity index is 1.92. The SMILES string of the molecule is CCOc1cc(/C=C(\C#N)c2ccc(C)cc2)cc(Cl)c1OCc1ccccc1. The van der Waals surface area contributed by atoms with E-state index < -0.39 is 0 Å². The van der Waals surface area contributed by atoms with Gasteiger partial charge in [0, 0.05) is 0 Å². The van der Waals surface area contributed by atoms with E-state index in [9.17, 15) is 5.26 Å². The van der Waals surface area contributed by atoms with Gasteiger partial charge >= 0.3 is 0 Å². The van der Waals surface area contributed by atoms with Gasteiger partial charge in [-0.2, -0.15) is 5.26 Å². The van der Waals surface area contributed by atoms with Crippen molar-refractivity contribution in [3.05, 3.63) is 94.0 Å². The van der Waals surface area contributed by atoms with Crippen molar-refractivity contribution < 1.29 is 9.47 Å². The zero-order chi connectivity index (χ0) is 20.6. The minimum absolute atomic E-state index is 0.392. The maximum absolute atomic E-state index is 9.61. The number of aryl methyl sites for hydroxylation is 1. The van der Waals surface area contributed by atoms with Crippen molar-refractivity contribution in [2.24, 2.45) is 0 Å². The number of benzene rings is 3. The minimum atomic E-state index is 0.392. The average Bonchev–Trinajstić information content (AvgIpc) is 2.73. The summed E-state index contributed by atoms with van der Waals surface area (Å²) in [5.41, 5.74) is 4.38. The van der Waals surface area contributed by atoms with Gasteiger partial charge in [0.15, 0.2) is 11.5 Å². The molecule has 3 aromatic rings. The number of hydrogen-bond acceptors (Lipinski definition) is 3. The molecule has 0 aliphatic heterocycles. The van der Waals surface area contributed by atoms with E-state index in [1.54, 1.807) is 12.1 Å². The number of nitrogens with zero attached hydrogens (tertiary/aromatic N) is 1. The van der Waals surface area contributed by atoms with E-state index in [1.807, 2.05) is 74.5 Å². The molecule has 0 saturated heterocycles. The van der Waals surface area contributed by atoms with Crippen LogP contribution in [0.15, 0.2) is 66.7 Å². The number of hydrogen-bond donors (Lipinski definition) is 0. The second-order valence-corrected chi connectivity index (χ2v) is 6.98. The molecule has 4 heteroatoms. The molecule has 0 aromatic heterocycles. The van der Waals surface area contributed by atoms with Gasteiger partial charge in [0.25, 0.3) is 0 Å². The molecule has 0 bridgehead atoms. The van der Waals surface area contributed by atoms with Gasteiger partial charge in [-0.05, 0) is 48.7 Å². The van der Waals surface area contributed by atoms with Crippen LogP contribution in [0.4, 0.5) is 0 Å². The molecule has 0 N–H and O–H groups in total. The fourth-order valence-corrected chi connectivity index (χ4v) is 3.16. The largest absolute Gasteiger partial charge is 0.490 e. The molecule has 0 atom stereocenters. The Bertz CT molecular complexity index is 1030. The molecule has 3 nitrogen and oxygen atoms in total. The molecule has 0 aliphatic carbocycles. The highest BCUT2D eigenvalue weighted by atomic mass is 35.5. The number of rotatable bonds is 7. The average molecular weight is 404 g/mol. The highest BCUT2D eigenvalue weighted by Crippen LogP contribution is 2.38. The maximum atomic E-state index is 9.61. The fraction of sp³-hybridized carbons (Fsp3) is 0.160. The van der Waals surface area contributed by atoms with Crippen molar-refractivity contribution in [2.45, 2.75) is 20.5 Å². The van der Waals surface area contributed by atoms with E-state index in [-0.39, 0.29) is 0 Å². The summed E-state index contributed by atoms with van der Waals surface area (Å²) < 4.78 is 11.7. The van der Waals surface area contributed by atoms with Crippen LogP contribution in [0.1, 0.15) is 29.2 Å². The van der Waals surface area contributed by atoms with Crippen molar-refractivity contribution in [1.82, 2.24) is 0 Å². The predicted molar refractivity (Wildman–Crippen MR) is 118 cm³/mol. The lowest BCUT2D eigenvalue weighted by Crippen LogP contribution is -2.01. The Morgan fingerprint density at radius 1 is 1.03 bits per heavy atom. The second kappa shape index (κ2) is 9.82. The van der Waals surface area contributed by atoms with E-state index in [0.717, 1.165) is 22.3 Å². The van der Waals surface area contributed by atoms with Crippen LogP contribution < -0.4 is 9.47 Å². The summed E-state index contributed by atoms with van der Waals surface area (Å²) in [6, 6.07) is 23.6. The van der Waals surface area contributed by atoms with Crippen LogP contribution in [0.25, 0.3) is 11.6 Å². The van der Waals surface area contributed by atoms with Gasteiger partial charge < -0.3 is 9.47 Å². The third-order valence-corrected chi connectivity index (χ3v) is 4.63. The zero-order valence-corrected chi connectivity index (χ0v) is 17.2. The normalized spacial score (nSPS) is 11.0. The molecular weight excluding hydrogens is 382 g/mol. The summed E-state index contributed by atoms with van der Waals surface area (Å²) in [6.07, 6.45) is 1.81. The Hall–Kier alpha value is -3.22. The van der Waals surface area contributed by atoms with Gasteiger partial charge in [0.2, 0.25) is 0 Å². The van der Waals surface area contributed by atoms with Crippen LogP contribution in [-0.4, -0.2) is 6.61 Å². The molecule has 0 spiro atoms. The van der Waals surface area contributed by atoms with Crippen LogP contribution in [0.3, 0.4) is 0 Å². The quantitative estimate of drug-likeness (QED) is 0.326. The first-order valence-corrected chi connectivity index (χ1v) is 9.80. The molecule has 0 unspecified atom stereocenters. The molecule has 29 heavy (non-hydrogen) atoms. The third-order valence-electron chi connectivity index (χ3n) is 4.35. The summed E-state index contributed by atoms with van der Waals surface area (Å²) in [5, 5.41) is 10.1. The van der Waals surface area contributed by atoms with Crippen molar-refractivity contribution in [2.75, 3.05) is 6.61 Å². The Labute approximate surface area is 176 Å². The predicted octanol–water partition coefficient (Wildman–Crippen LogP) is 6.69. The molecule has 0 amide bonds. The molecular formula is C25H22ClNO2. The monoisotopic (exact) mass is 403 g/mol. The molecule has 0 heterocycles. The van der Waals surface area contributed by atoms with Crippen LogP contribution >= 0.6 is 11.6 Å². The van der Waals surface area contributed by atoms with Crippen molar-refractivity contribution >= 4 is 23.3 Å². The van der Waals surface area contributed by atoms with Gasteiger partial charge in [-0.25, -0.2) is 0 Å². The van der Waals surface area contributed by atoms with E-state index in [2.05, 4.69) is 6.07 Å². The summed E-state index contributed by atoms with van der Waals surface area (Å²) in [7, 11) is 0. The highest BCUT2D eigenvalue weighted by Gasteiger charge is 2.13. The smallest absolute Gasteiger partial charge is 0.180 e. The number of halogens is 1. The topological polar surface area (TPSA) is 42.2 Å². The first-order chi connectivity index (χ1) is 14.1. The zero-order valence-electron chi connectivity index (χ0n) is 16.5. The lowest BCUT2D eigenvalue weighted by atomic mass is 10.0. The van der Waals surface area contributed by atoms with E-state index in [0.29, 0.717) is 35.3 Å². The second-order valence-electron chi connectivity index (χ2n) is 6.57. The lowest BCUT2D eigenvalue weighted by molar-refractivity contribution is 0.269. The van der Waals surface area contributed by atoms with E-state index in [1.165, 1.54) is 0 Å². The Morgan fingerprint density at radius 2 is 1.76 bits per heavy atom. The number of ether oxygens (including phenoxy) is 2. The van der Waals surface area contributed by atoms with Gasteiger partial charge in [0.05, 0.1) is 23.3 Å². The fourth-order valence-electron chi connectivity index (χ4n) is 2.88. The molecule has 0 fully saturated rings. The summed E-state index contributed by atoms with van der Waals surface area (Å²) in [4.78, 5) is 0. The van der Waals surface area contributed by atoms with Crippen molar-refractivity contribution in [1.29, 1.82) is 5.26 Å². The standard InChI is InChI=1S/C25H22ClNO2/c1-3-28-24-15-20(13-22(16-27)21-11-9-18(2)10-12-21)14-23(26)25(24)29-17-19-7-5-4-6-8-19/h4-15H,3,17H2,1-2H3/b22-13+. The van der Waals surface area contributed by atoms with Gasteiger partial charge in [0.1, 0.15) is 6.61 Å². The van der Waals surface area contributed by atoms with Crippen LogP contribution in [0.2, 0.25) is 5.02 Å². The van der Waals surface area contributed by atoms with Crippen molar-refractivity contribution in [3.63, 3.8) is 0 Å². The lowest BCUT2D eigenvalue weighted by Gasteiger charge is -2.15. The summed E-state index contributed by atoms with van der Waals surface area (Å²) in [6.45, 7) is 4.79. The molecule has 3 aromatic carbocycles. The maximum Gasteiger partial charge on any atom is 0.180 e. The number of nitriles is 1. The highest BCUT2D eigenvalue weighted by molar-refractivity contribution is 6.32. The first-order valence-electron chi connectivity index (χ1n) is 9.42. The molecule has 0 aliphatic rings. The van der Waals surface area contributed by atoms with E-state index >= 15 is 0 Å². The molecule has 146 valence electrons. The van der Waals surface area contributed by atoms with Gasteiger partial charge in [-0.1, -0.05) is 71.8 Å². The Kier molecular flexibility index (Phi) is 6.94. The van der Waals surface area contributed by atoms with Gasteiger partial charge in [-0.3, -0.25) is 0 Å². The minimum Gasteiger partial charge on any atom is -0.490 e. The molecule has 3 rings (SSSR count). The van der Waals surface area contributed by atoms with Crippen LogP contribution in [-0.2, 0) is 6.61 Å². The Morgan fingerprint density at radius 3 is 2.41 bits per heavy atom. The molecule has 0 saturated carbocycles. The third kappa shape index (κ3) is 5.40. The van der Waals surface area contributed by atoms with Crippen LogP contribution in [0, 0.1) is 18.3 Å². The number of allylic oxidation sites excluding steroid dienone is 1.